The number of rotatable bonds is 5. The molecule has 2 aromatic heterocycles. The van der Waals surface area contributed by atoms with Crippen LogP contribution in [0.15, 0.2) is 34.3 Å². The van der Waals surface area contributed by atoms with Crippen molar-refractivity contribution in [3.63, 3.8) is 0 Å². The van der Waals surface area contributed by atoms with Gasteiger partial charge in [0.15, 0.2) is 0 Å². The Kier molecular flexibility index (Phi) is 4.50. The van der Waals surface area contributed by atoms with Gasteiger partial charge in [0.1, 0.15) is 0 Å². The van der Waals surface area contributed by atoms with Crippen LogP contribution in [0.3, 0.4) is 0 Å². The molecule has 1 aromatic carbocycles. The zero-order valence-corrected chi connectivity index (χ0v) is 14.5. The van der Waals surface area contributed by atoms with Crippen LogP contribution >= 0.6 is 11.3 Å². The molecule has 1 amide bonds. The monoisotopic (exact) mass is 346 g/mol. The molecular formula is C16H18N4O3S. The Balaban J connectivity index is 1.74. The molecular weight excluding hydrogens is 328 g/mol. The minimum Gasteiger partial charge on any atom is -0.359 e. The molecule has 1 atom stereocenters. The molecule has 126 valence electrons. The first-order chi connectivity index (χ1) is 11.5. The summed E-state index contributed by atoms with van der Waals surface area (Å²) in [6, 6.07) is 6.84. The van der Waals surface area contributed by atoms with Gasteiger partial charge in [0, 0.05) is 28.2 Å². The fourth-order valence-electron chi connectivity index (χ4n) is 2.54. The second-order valence-electron chi connectivity index (χ2n) is 5.79. The normalized spacial score (nSPS) is 12.7. The van der Waals surface area contributed by atoms with Gasteiger partial charge in [0.2, 0.25) is 11.0 Å². The van der Waals surface area contributed by atoms with Crippen molar-refractivity contribution in [2.24, 2.45) is 0 Å². The van der Waals surface area contributed by atoms with Gasteiger partial charge in [0.25, 0.3) is 5.91 Å². The number of nitrogens with one attached hydrogen (secondary N) is 1. The van der Waals surface area contributed by atoms with Crippen molar-refractivity contribution in [2.45, 2.75) is 13.0 Å². The minimum atomic E-state index is -0.210. The van der Waals surface area contributed by atoms with Crippen LogP contribution < -0.4 is 10.2 Å². The van der Waals surface area contributed by atoms with Crippen molar-refractivity contribution >= 4 is 28.3 Å². The zero-order chi connectivity index (χ0) is 17.3. The highest BCUT2D eigenvalue weighted by atomic mass is 32.1. The van der Waals surface area contributed by atoms with Gasteiger partial charge < -0.3 is 15.4 Å². The topological polar surface area (TPSA) is 85.3 Å². The van der Waals surface area contributed by atoms with Gasteiger partial charge in [-0.25, -0.2) is 0 Å². The number of hydrogen-bond acceptors (Lipinski definition) is 6. The van der Waals surface area contributed by atoms with E-state index in [0.29, 0.717) is 28.0 Å². The largest absolute Gasteiger partial charge is 0.359 e. The van der Waals surface area contributed by atoms with E-state index in [1.54, 1.807) is 23.5 Å². The SMILES string of the molecule is Cc1ccsc1[C@H](CNC(=O)c1ccc2c(c1)no[n+]2[O-])N(C)C. The first-order valence-corrected chi connectivity index (χ1v) is 8.33. The highest BCUT2D eigenvalue weighted by molar-refractivity contribution is 7.10. The van der Waals surface area contributed by atoms with Crippen molar-refractivity contribution < 1.29 is 14.3 Å². The number of aryl methyl sites for hydroxylation is 1. The molecule has 7 nitrogen and oxygen atoms in total. The summed E-state index contributed by atoms with van der Waals surface area (Å²) in [6.07, 6.45) is 0. The number of thiophene rings is 1. The Morgan fingerprint density at radius 3 is 2.92 bits per heavy atom. The van der Waals surface area contributed by atoms with Crippen LogP contribution in [-0.4, -0.2) is 36.6 Å². The van der Waals surface area contributed by atoms with Gasteiger partial charge >= 0.3 is 0 Å². The number of carbonyl (C=O) groups is 1. The molecule has 8 heteroatoms. The third-order valence-electron chi connectivity index (χ3n) is 3.93. The minimum absolute atomic E-state index is 0.105. The van der Waals surface area contributed by atoms with Crippen molar-refractivity contribution in [3.8, 4) is 0 Å². The van der Waals surface area contributed by atoms with Crippen molar-refractivity contribution in [1.82, 2.24) is 15.4 Å². The van der Waals surface area contributed by atoms with E-state index in [4.69, 9.17) is 0 Å². The molecule has 0 spiro atoms. The second kappa shape index (κ2) is 6.58. The van der Waals surface area contributed by atoms with E-state index in [0.717, 1.165) is 0 Å². The number of amides is 1. The van der Waals surface area contributed by atoms with Crippen LogP contribution in [0.25, 0.3) is 11.0 Å². The quantitative estimate of drug-likeness (QED) is 0.713. The Morgan fingerprint density at radius 1 is 1.46 bits per heavy atom. The number of likely N-dealkylation sites (N-methyl/N-ethyl adjacent to an activating group) is 1. The number of aromatic nitrogens is 2. The van der Waals surface area contributed by atoms with E-state index in [1.807, 2.05) is 14.1 Å². The lowest BCUT2D eigenvalue weighted by Crippen LogP contribution is -2.34. The van der Waals surface area contributed by atoms with E-state index in [2.05, 4.69) is 38.4 Å². The predicted molar refractivity (Wildman–Crippen MR) is 90.8 cm³/mol. The molecule has 0 aliphatic heterocycles. The van der Waals surface area contributed by atoms with Gasteiger partial charge in [0.05, 0.1) is 6.04 Å². The summed E-state index contributed by atoms with van der Waals surface area (Å²) in [5.74, 6) is -0.210. The van der Waals surface area contributed by atoms with Crippen molar-refractivity contribution in [2.75, 3.05) is 20.6 Å². The van der Waals surface area contributed by atoms with Crippen LogP contribution in [-0.2, 0) is 0 Å². The molecule has 0 saturated carbocycles. The van der Waals surface area contributed by atoms with Gasteiger partial charge in [-0.05, 0) is 55.1 Å². The lowest BCUT2D eigenvalue weighted by molar-refractivity contribution is -0.782. The predicted octanol–water partition coefficient (Wildman–Crippen LogP) is 1.86. The lowest BCUT2D eigenvalue weighted by Gasteiger charge is -2.24. The first-order valence-electron chi connectivity index (χ1n) is 7.45. The van der Waals surface area contributed by atoms with Crippen LogP contribution in [0.4, 0.5) is 0 Å². The summed E-state index contributed by atoms with van der Waals surface area (Å²) in [4.78, 5) is 16.0. The van der Waals surface area contributed by atoms with Crippen molar-refractivity contribution in [1.29, 1.82) is 0 Å². The molecule has 0 saturated heterocycles. The summed E-state index contributed by atoms with van der Waals surface area (Å²) in [7, 11) is 3.98. The highest BCUT2D eigenvalue weighted by Gasteiger charge is 2.20. The maximum atomic E-state index is 12.4. The average Bonchev–Trinajstić information content (AvgIpc) is 3.13. The molecule has 1 N–H and O–H groups in total. The first kappa shape index (κ1) is 16.4. The van der Waals surface area contributed by atoms with Crippen molar-refractivity contribution in [3.05, 3.63) is 50.9 Å². The summed E-state index contributed by atoms with van der Waals surface area (Å²) < 4.78 is 4.52. The van der Waals surface area contributed by atoms with E-state index >= 15 is 0 Å². The maximum Gasteiger partial charge on any atom is 0.251 e. The van der Waals surface area contributed by atoms with Gasteiger partial charge in [-0.3, -0.25) is 9.42 Å². The number of fused-ring (bicyclic) bond motifs is 1. The van der Waals surface area contributed by atoms with E-state index < -0.39 is 0 Å². The molecule has 0 aliphatic carbocycles. The fourth-order valence-corrected chi connectivity index (χ4v) is 3.67. The average molecular weight is 346 g/mol. The summed E-state index contributed by atoms with van der Waals surface area (Å²) in [5.41, 5.74) is 2.32. The molecule has 3 rings (SSSR count). The molecule has 0 fully saturated rings. The third-order valence-corrected chi connectivity index (χ3v) is 5.05. The number of hydrogen-bond donors (Lipinski definition) is 1. The van der Waals surface area contributed by atoms with Crippen LogP contribution in [0, 0.1) is 12.1 Å². The molecule has 0 radical (unpaired) electrons. The van der Waals surface area contributed by atoms with E-state index in [9.17, 15) is 10.0 Å². The fraction of sp³-hybridized carbons (Fsp3) is 0.312. The number of benzene rings is 1. The van der Waals surface area contributed by atoms with E-state index in [1.165, 1.54) is 16.5 Å². The third kappa shape index (κ3) is 3.10. The molecule has 3 aromatic rings. The zero-order valence-electron chi connectivity index (χ0n) is 13.6. The highest BCUT2D eigenvalue weighted by Crippen LogP contribution is 2.26. The maximum absolute atomic E-state index is 12.4. The lowest BCUT2D eigenvalue weighted by atomic mass is 10.1. The number of carbonyl (C=O) groups excluding carboxylic acids is 1. The standard InChI is InChI=1S/C16H18N4O3S/c1-10-6-7-24-15(10)14(19(2)3)9-17-16(21)11-4-5-13-12(8-11)18-23-20(13)22/h4-8,14H,9H2,1-3H3,(H,17,21)/t14-/m0/s1. The Hall–Kier alpha value is -2.45. The Labute approximate surface area is 143 Å². The van der Waals surface area contributed by atoms with Crippen LogP contribution in [0.2, 0.25) is 0 Å². The molecule has 0 aliphatic rings. The molecule has 0 unspecified atom stereocenters. The smallest absolute Gasteiger partial charge is 0.251 e. The van der Waals surface area contributed by atoms with Crippen LogP contribution in [0.1, 0.15) is 26.8 Å². The Bertz CT molecular complexity index is 871. The van der Waals surface area contributed by atoms with Gasteiger partial charge in [-0.15, -0.1) is 11.3 Å². The molecule has 2 heterocycles. The summed E-state index contributed by atoms with van der Waals surface area (Å²) in [5, 5.41) is 19.9. The summed E-state index contributed by atoms with van der Waals surface area (Å²) in [6.45, 7) is 2.56. The van der Waals surface area contributed by atoms with Crippen LogP contribution in [0.5, 0.6) is 0 Å². The van der Waals surface area contributed by atoms with Gasteiger partial charge in [-0.2, -0.15) is 0 Å². The molecule has 0 bridgehead atoms. The van der Waals surface area contributed by atoms with Gasteiger partial charge in [-0.1, -0.05) is 0 Å². The molecule has 24 heavy (non-hydrogen) atoms. The van der Waals surface area contributed by atoms with E-state index in [-0.39, 0.29) is 11.9 Å². The summed E-state index contributed by atoms with van der Waals surface area (Å²) >= 11 is 1.69. The second-order valence-corrected chi connectivity index (χ2v) is 6.74. The Morgan fingerprint density at radius 2 is 2.25 bits per heavy atom. The number of nitrogens with zero attached hydrogens (tertiary/aromatic N) is 3.